The van der Waals surface area contributed by atoms with Gasteiger partial charge in [0.25, 0.3) is 0 Å². The second kappa shape index (κ2) is 5.26. The fourth-order valence-electron chi connectivity index (χ4n) is 1.59. The third-order valence-corrected chi connectivity index (χ3v) is 2.57. The molecule has 0 bridgehead atoms. The molecule has 0 saturated heterocycles. The molecule has 0 aliphatic heterocycles. The van der Waals surface area contributed by atoms with Gasteiger partial charge in [0.15, 0.2) is 0 Å². The van der Waals surface area contributed by atoms with Gasteiger partial charge in [0.05, 0.1) is 5.69 Å². The molecule has 0 fully saturated rings. The molecule has 1 nitrogen and oxygen atoms in total. The molecular formula is C15H15N. The van der Waals surface area contributed by atoms with Crippen molar-refractivity contribution in [3.63, 3.8) is 0 Å². The Morgan fingerprint density at radius 3 is 2.44 bits per heavy atom. The third-order valence-electron chi connectivity index (χ3n) is 2.57. The molecule has 1 heterocycles. The Hall–Kier alpha value is -1.89. The van der Waals surface area contributed by atoms with E-state index >= 15 is 0 Å². The van der Waals surface area contributed by atoms with E-state index in [1.807, 2.05) is 30.5 Å². The highest BCUT2D eigenvalue weighted by molar-refractivity contribution is 5.46. The Morgan fingerprint density at radius 2 is 1.75 bits per heavy atom. The van der Waals surface area contributed by atoms with Crippen LogP contribution >= 0.6 is 0 Å². The number of nitrogens with zero attached hydrogens (tertiary/aromatic N) is 1. The number of pyridine rings is 1. The number of hydrogen-bond acceptors (Lipinski definition) is 1. The first-order valence-corrected chi connectivity index (χ1v) is 5.50. The topological polar surface area (TPSA) is 12.9 Å². The SMILES string of the molecule is CC(/C=C/c1ccccn1)c1ccccc1. The molecule has 1 atom stereocenters. The van der Waals surface area contributed by atoms with Crippen LogP contribution in [0, 0.1) is 0 Å². The van der Waals surface area contributed by atoms with E-state index < -0.39 is 0 Å². The van der Waals surface area contributed by atoms with Crippen molar-refractivity contribution in [2.24, 2.45) is 0 Å². The van der Waals surface area contributed by atoms with Gasteiger partial charge in [-0.25, -0.2) is 0 Å². The van der Waals surface area contributed by atoms with Crippen molar-refractivity contribution < 1.29 is 0 Å². The van der Waals surface area contributed by atoms with Crippen LogP contribution in [0.1, 0.15) is 24.1 Å². The second-order valence-corrected chi connectivity index (χ2v) is 3.81. The van der Waals surface area contributed by atoms with Gasteiger partial charge in [0.1, 0.15) is 0 Å². The summed E-state index contributed by atoms with van der Waals surface area (Å²) in [6, 6.07) is 16.4. The minimum absolute atomic E-state index is 0.420. The highest BCUT2D eigenvalue weighted by Crippen LogP contribution is 2.16. The van der Waals surface area contributed by atoms with Crippen molar-refractivity contribution in [3.8, 4) is 0 Å². The Balaban J connectivity index is 2.08. The minimum atomic E-state index is 0.420. The van der Waals surface area contributed by atoms with Gasteiger partial charge in [-0.3, -0.25) is 4.98 Å². The van der Waals surface area contributed by atoms with Gasteiger partial charge in [0.2, 0.25) is 0 Å². The van der Waals surface area contributed by atoms with Crippen molar-refractivity contribution in [2.75, 3.05) is 0 Å². The Bertz CT molecular complexity index is 445. The smallest absolute Gasteiger partial charge is 0.0626 e. The summed E-state index contributed by atoms with van der Waals surface area (Å²) in [6.45, 7) is 2.19. The predicted molar refractivity (Wildman–Crippen MR) is 68.1 cm³/mol. The average Bonchev–Trinajstić information content (AvgIpc) is 2.38. The molecule has 0 aliphatic rings. The van der Waals surface area contributed by atoms with Crippen LogP contribution in [0.2, 0.25) is 0 Å². The van der Waals surface area contributed by atoms with E-state index in [4.69, 9.17) is 0 Å². The van der Waals surface area contributed by atoms with Crippen LogP contribution in [-0.2, 0) is 0 Å². The van der Waals surface area contributed by atoms with Crippen LogP contribution in [0.4, 0.5) is 0 Å². The van der Waals surface area contributed by atoms with E-state index in [0.717, 1.165) is 5.69 Å². The summed E-state index contributed by atoms with van der Waals surface area (Å²) in [4.78, 5) is 4.26. The van der Waals surface area contributed by atoms with Gasteiger partial charge in [-0.1, -0.05) is 49.4 Å². The van der Waals surface area contributed by atoms with Gasteiger partial charge < -0.3 is 0 Å². The maximum Gasteiger partial charge on any atom is 0.0626 e. The van der Waals surface area contributed by atoms with Crippen LogP contribution in [-0.4, -0.2) is 4.98 Å². The fourth-order valence-corrected chi connectivity index (χ4v) is 1.59. The van der Waals surface area contributed by atoms with E-state index in [0.29, 0.717) is 5.92 Å². The number of aromatic nitrogens is 1. The Labute approximate surface area is 96.5 Å². The van der Waals surface area contributed by atoms with Crippen molar-refractivity contribution in [3.05, 3.63) is 72.1 Å². The molecule has 1 heteroatoms. The summed E-state index contributed by atoms with van der Waals surface area (Å²) in [5, 5.41) is 0. The molecule has 0 radical (unpaired) electrons. The molecule has 0 N–H and O–H groups in total. The van der Waals surface area contributed by atoms with Gasteiger partial charge in [0, 0.05) is 6.20 Å². The maximum atomic E-state index is 4.26. The monoisotopic (exact) mass is 209 g/mol. The van der Waals surface area contributed by atoms with E-state index in [-0.39, 0.29) is 0 Å². The Morgan fingerprint density at radius 1 is 1.00 bits per heavy atom. The molecule has 0 saturated carbocycles. The van der Waals surface area contributed by atoms with Crippen LogP contribution in [0.25, 0.3) is 6.08 Å². The summed E-state index contributed by atoms with van der Waals surface area (Å²) in [6.07, 6.45) is 6.06. The van der Waals surface area contributed by atoms with Crippen LogP contribution < -0.4 is 0 Å². The zero-order valence-electron chi connectivity index (χ0n) is 9.38. The summed E-state index contributed by atoms with van der Waals surface area (Å²) in [7, 11) is 0. The first kappa shape index (κ1) is 10.6. The van der Waals surface area contributed by atoms with Crippen molar-refractivity contribution in [2.45, 2.75) is 12.8 Å². The molecule has 2 aromatic rings. The first-order valence-electron chi connectivity index (χ1n) is 5.50. The van der Waals surface area contributed by atoms with Gasteiger partial charge >= 0.3 is 0 Å². The lowest BCUT2D eigenvalue weighted by molar-refractivity contribution is 0.972. The molecule has 1 aromatic carbocycles. The van der Waals surface area contributed by atoms with Gasteiger partial charge in [-0.2, -0.15) is 0 Å². The van der Waals surface area contributed by atoms with E-state index in [1.54, 1.807) is 0 Å². The number of hydrogen-bond donors (Lipinski definition) is 0. The first-order chi connectivity index (χ1) is 7.86. The largest absolute Gasteiger partial charge is 0.257 e. The summed E-state index contributed by atoms with van der Waals surface area (Å²) < 4.78 is 0. The van der Waals surface area contributed by atoms with Crippen LogP contribution in [0.3, 0.4) is 0 Å². The minimum Gasteiger partial charge on any atom is -0.257 e. The summed E-state index contributed by atoms with van der Waals surface area (Å²) in [5.41, 5.74) is 2.33. The van der Waals surface area contributed by atoms with Crippen molar-refractivity contribution >= 4 is 6.08 Å². The quantitative estimate of drug-likeness (QED) is 0.747. The molecule has 16 heavy (non-hydrogen) atoms. The van der Waals surface area contributed by atoms with E-state index in [9.17, 15) is 0 Å². The number of allylic oxidation sites excluding steroid dienone is 1. The molecule has 0 aliphatic carbocycles. The molecule has 0 amide bonds. The molecule has 1 aromatic heterocycles. The normalized spacial score (nSPS) is 12.8. The number of benzene rings is 1. The summed E-state index contributed by atoms with van der Waals surface area (Å²) in [5.74, 6) is 0.420. The zero-order valence-corrected chi connectivity index (χ0v) is 9.38. The zero-order chi connectivity index (χ0) is 11.2. The number of rotatable bonds is 3. The lowest BCUT2D eigenvalue weighted by Gasteiger charge is -2.05. The maximum absolute atomic E-state index is 4.26. The Kier molecular flexibility index (Phi) is 3.50. The van der Waals surface area contributed by atoms with Crippen molar-refractivity contribution in [1.29, 1.82) is 0 Å². The molecular weight excluding hydrogens is 194 g/mol. The summed E-state index contributed by atoms with van der Waals surface area (Å²) >= 11 is 0. The van der Waals surface area contributed by atoms with E-state index in [2.05, 4.69) is 48.3 Å². The second-order valence-electron chi connectivity index (χ2n) is 3.81. The lowest BCUT2D eigenvalue weighted by atomic mass is 10.0. The fraction of sp³-hybridized carbons (Fsp3) is 0.133. The van der Waals surface area contributed by atoms with E-state index in [1.165, 1.54) is 5.56 Å². The highest BCUT2D eigenvalue weighted by Gasteiger charge is 1.99. The molecule has 0 spiro atoms. The van der Waals surface area contributed by atoms with Crippen LogP contribution in [0.5, 0.6) is 0 Å². The van der Waals surface area contributed by atoms with Crippen LogP contribution in [0.15, 0.2) is 60.8 Å². The van der Waals surface area contributed by atoms with Gasteiger partial charge in [-0.15, -0.1) is 0 Å². The standard InChI is InChI=1S/C15H15N/c1-13(14-7-3-2-4-8-14)10-11-15-9-5-6-12-16-15/h2-13H,1H3/b11-10+. The molecule has 80 valence electrons. The molecule has 2 rings (SSSR count). The highest BCUT2D eigenvalue weighted by atomic mass is 14.6. The lowest BCUT2D eigenvalue weighted by Crippen LogP contribution is -1.88. The molecule has 1 unspecified atom stereocenters. The van der Waals surface area contributed by atoms with Crippen molar-refractivity contribution in [1.82, 2.24) is 4.98 Å². The average molecular weight is 209 g/mol. The third kappa shape index (κ3) is 2.80. The predicted octanol–water partition coefficient (Wildman–Crippen LogP) is 3.90. The van der Waals surface area contributed by atoms with Gasteiger partial charge in [-0.05, 0) is 29.7 Å².